The van der Waals surface area contributed by atoms with E-state index in [4.69, 9.17) is 9.26 Å². The van der Waals surface area contributed by atoms with Crippen LogP contribution in [0.2, 0.25) is 0 Å². The Morgan fingerprint density at radius 1 is 1.14 bits per heavy atom. The maximum Gasteiger partial charge on any atom is 0.242 e. The van der Waals surface area contributed by atoms with Crippen molar-refractivity contribution in [3.63, 3.8) is 0 Å². The summed E-state index contributed by atoms with van der Waals surface area (Å²) in [5.74, 6) is 1.22. The van der Waals surface area contributed by atoms with Crippen LogP contribution in [0.5, 0.6) is 5.75 Å². The van der Waals surface area contributed by atoms with Crippen molar-refractivity contribution in [2.24, 2.45) is 0 Å². The van der Waals surface area contributed by atoms with E-state index >= 15 is 0 Å². The second-order valence-electron chi connectivity index (χ2n) is 7.46. The van der Waals surface area contributed by atoms with Crippen molar-refractivity contribution in [2.75, 3.05) is 7.11 Å². The first-order valence-electron chi connectivity index (χ1n) is 8.87. The van der Waals surface area contributed by atoms with Gasteiger partial charge in [-0.3, -0.25) is 0 Å². The van der Waals surface area contributed by atoms with E-state index < -0.39 is 10.0 Å². The summed E-state index contributed by atoms with van der Waals surface area (Å²) in [5.41, 5.74) is 2.06. The molecule has 1 aromatic heterocycles. The van der Waals surface area contributed by atoms with E-state index in [9.17, 15) is 8.42 Å². The van der Waals surface area contributed by atoms with Gasteiger partial charge in [0.05, 0.1) is 22.1 Å². The highest BCUT2D eigenvalue weighted by molar-refractivity contribution is 14.1. The Hall–Kier alpha value is -1.98. The Bertz CT molecular complexity index is 1100. The lowest BCUT2D eigenvalue weighted by Crippen LogP contribution is -2.23. The third kappa shape index (κ3) is 5.14. The zero-order chi connectivity index (χ0) is 21.2. The van der Waals surface area contributed by atoms with Crippen LogP contribution in [0.3, 0.4) is 0 Å². The minimum atomic E-state index is -3.72. The fraction of sp³-hybridized carbons (Fsp3) is 0.300. The normalized spacial score (nSPS) is 12.2. The van der Waals surface area contributed by atoms with Gasteiger partial charge >= 0.3 is 0 Å². The van der Waals surface area contributed by atoms with Gasteiger partial charge in [0.25, 0.3) is 0 Å². The van der Waals surface area contributed by atoms with Crippen LogP contribution in [0, 0.1) is 3.57 Å². The molecule has 1 N–H and O–H groups in total. The predicted octanol–water partition coefficient (Wildman–Crippen LogP) is 4.13. The fourth-order valence-electron chi connectivity index (χ4n) is 2.62. The molecule has 3 rings (SSSR count). The van der Waals surface area contributed by atoms with Gasteiger partial charge in [-0.2, -0.15) is 4.98 Å². The average molecular weight is 527 g/mol. The number of ether oxygens (including phenoxy) is 1. The van der Waals surface area contributed by atoms with Crippen molar-refractivity contribution in [3.8, 4) is 17.1 Å². The summed E-state index contributed by atoms with van der Waals surface area (Å²) in [7, 11) is -2.19. The summed E-state index contributed by atoms with van der Waals surface area (Å²) in [6.07, 6.45) is 0. The number of aromatic nitrogens is 2. The number of rotatable bonds is 6. The molecule has 0 saturated carbocycles. The molecule has 9 heteroatoms. The van der Waals surface area contributed by atoms with Gasteiger partial charge in [-0.1, -0.05) is 50.2 Å². The first-order chi connectivity index (χ1) is 13.6. The molecule has 1 heterocycles. The molecule has 0 atom stereocenters. The Labute approximate surface area is 184 Å². The van der Waals surface area contributed by atoms with Crippen LogP contribution in [-0.4, -0.2) is 25.7 Å². The lowest BCUT2D eigenvalue weighted by Gasteiger charge is -2.18. The van der Waals surface area contributed by atoms with E-state index in [1.807, 2.05) is 46.9 Å². The van der Waals surface area contributed by atoms with Gasteiger partial charge in [0, 0.05) is 5.56 Å². The Morgan fingerprint density at radius 3 is 2.41 bits per heavy atom. The van der Waals surface area contributed by atoms with Crippen molar-refractivity contribution in [3.05, 3.63) is 57.5 Å². The van der Waals surface area contributed by atoms with E-state index in [0.717, 1.165) is 5.56 Å². The van der Waals surface area contributed by atoms with Crippen molar-refractivity contribution >= 4 is 32.6 Å². The maximum absolute atomic E-state index is 12.5. The molecule has 0 radical (unpaired) electrons. The molecule has 3 aromatic rings. The van der Waals surface area contributed by atoms with E-state index in [-0.39, 0.29) is 22.7 Å². The molecular weight excluding hydrogens is 505 g/mol. The van der Waals surface area contributed by atoms with Crippen LogP contribution in [0.15, 0.2) is 51.9 Å². The van der Waals surface area contributed by atoms with Crippen molar-refractivity contribution in [1.82, 2.24) is 14.9 Å². The van der Waals surface area contributed by atoms with Crippen molar-refractivity contribution in [2.45, 2.75) is 37.6 Å². The van der Waals surface area contributed by atoms with E-state index in [0.29, 0.717) is 15.1 Å². The smallest absolute Gasteiger partial charge is 0.242 e. The van der Waals surface area contributed by atoms with Crippen molar-refractivity contribution in [1.29, 1.82) is 0 Å². The number of hydrogen-bond donors (Lipinski definition) is 1. The summed E-state index contributed by atoms with van der Waals surface area (Å²) >= 11 is 2.02. The number of methoxy groups -OCH3 is 1. The highest BCUT2D eigenvalue weighted by Gasteiger charge is 2.18. The highest BCUT2D eigenvalue weighted by Crippen LogP contribution is 2.26. The second-order valence-corrected chi connectivity index (χ2v) is 10.4. The minimum absolute atomic E-state index is 0.0541. The fourth-order valence-corrected chi connectivity index (χ4v) is 4.56. The minimum Gasteiger partial charge on any atom is -0.496 e. The molecule has 0 unspecified atom stereocenters. The summed E-state index contributed by atoms with van der Waals surface area (Å²) in [5, 5.41) is 3.95. The van der Waals surface area contributed by atoms with Crippen molar-refractivity contribution < 1.29 is 17.7 Å². The number of hydrogen-bond acceptors (Lipinski definition) is 6. The summed E-state index contributed by atoms with van der Waals surface area (Å²) < 4.78 is 38.6. The Kier molecular flexibility index (Phi) is 6.30. The Balaban J connectivity index is 1.71. The van der Waals surface area contributed by atoms with Crippen LogP contribution < -0.4 is 9.46 Å². The molecule has 0 spiro atoms. The molecular formula is C20H22IN3O4S. The lowest BCUT2D eigenvalue weighted by atomic mass is 9.87. The second kappa shape index (κ2) is 8.41. The van der Waals surface area contributed by atoms with E-state index in [2.05, 4.69) is 35.6 Å². The van der Waals surface area contributed by atoms with Gasteiger partial charge in [0.15, 0.2) is 0 Å². The zero-order valence-corrected chi connectivity index (χ0v) is 19.5. The monoisotopic (exact) mass is 527 g/mol. The SMILES string of the molecule is COc1ccc(S(=O)(=O)NCc2nc(-c3ccc(C(C)(C)C)cc3)no2)cc1I. The standard InChI is InChI=1S/C20H22IN3O4S/c1-20(2,3)14-7-5-13(6-8-14)19-23-18(28-24-19)12-22-29(25,26)15-9-10-17(27-4)16(21)11-15/h5-11,22H,12H2,1-4H3. The van der Waals surface area contributed by atoms with Gasteiger partial charge < -0.3 is 9.26 Å². The third-order valence-electron chi connectivity index (χ3n) is 4.32. The van der Waals surface area contributed by atoms with E-state index in [1.54, 1.807) is 6.07 Å². The molecule has 0 aliphatic carbocycles. The molecule has 0 aliphatic heterocycles. The van der Waals surface area contributed by atoms with Crippen LogP contribution in [0.25, 0.3) is 11.4 Å². The summed E-state index contributed by atoms with van der Waals surface area (Å²) in [6, 6.07) is 12.6. The molecule has 2 aromatic carbocycles. The molecule has 0 bridgehead atoms. The quantitative estimate of drug-likeness (QED) is 0.485. The number of benzene rings is 2. The van der Waals surface area contributed by atoms with Gasteiger partial charge in [-0.05, 0) is 51.8 Å². The van der Waals surface area contributed by atoms with Gasteiger partial charge in [0.1, 0.15) is 5.75 Å². The summed E-state index contributed by atoms with van der Waals surface area (Å²) in [4.78, 5) is 4.43. The van der Waals surface area contributed by atoms with Crippen LogP contribution in [0.1, 0.15) is 32.2 Å². The topological polar surface area (TPSA) is 94.3 Å². The predicted molar refractivity (Wildman–Crippen MR) is 118 cm³/mol. The van der Waals surface area contributed by atoms with Crippen LogP contribution in [-0.2, 0) is 22.0 Å². The van der Waals surface area contributed by atoms with Gasteiger partial charge in [-0.15, -0.1) is 0 Å². The largest absolute Gasteiger partial charge is 0.496 e. The van der Waals surface area contributed by atoms with Crippen LogP contribution in [0.4, 0.5) is 0 Å². The average Bonchev–Trinajstić information content (AvgIpc) is 3.15. The number of sulfonamides is 1. The number of nitrogens with zero attached hydrogens (tertiary/aromatic N) is 2. The first kappa shape index (κ1) is 21.7. The molecule has 7 nitrogen and oxygen atoms in total. The third-order valence-corrected chi connectivity index (χ3v) is 6.57. The molecule has 0 amide bonds. The summed E-state index contributed by atoms with van der Waals surface area (Å²) in [6.45, 7) is 6.33. The first-order valence-corrected chi connectivity index (χ1v) is 11.4. The molecule has 0 aliphatic rings. The lowest BCUT2D eigenvalue weighted by molar-refractivity contribution is 0.376. The maximum atomic E-state index is 12.5. The van der Waals surface area contributed by atoms with Gasteiger partial charge in [0.2, 0.25) is 21.7 Å². The molecule has 29 heavy (non-hydrogen) atoms. The number of halogens is 1. The number of nitrogens with one attached hydrogen (secondary N) is 1. The van der Waals surface area contributed by atoms with E-state index in [1.165, 1.54) is 24.8 Å². The molecule has 0 fully saturated rings. The zero-order valence-electron chi connectivity index (χ0n) is 16.6. The highest BCUT2D eigenvalue weighted by atomic mass is 127. The van der Waals surface area contributed by atoms with Crippen LogP contribution >= 0.6 is 22.6 Å². The van der Waals surface area contributed by atoms with Gasteiger partial charge in [-0.25, -0.2) is 13.1 Å². The molecule has 154 valence electrons. The molecule has 0 saturated heterocycles. The Morgan fingerprint density at radius 2 is 1.83 bits per heavy atom.